The van der Waals surface area contributed by atoms with Gasteiger partial charge in [0.05, 0.1) is 18.1 Å². The summed E-state index contributed by atoms with van der Waals surface area (Å²) in [6.07, 6.45) is 2.25. The Balaban J connectivity index is 1.55. The van der Waals surface area contributed by atoms with Crippen molar-refractivity contribution in [1.29, 1.82) is 0 Å². The van der Waals surface area contributed by atoms with Crippen LogP contribution in [0.3, 0.4) is 0 Å². The first kappa shape index (κ1) is 32.9. The predicted molar refractivity (Wildman–Crippen MR) is 167 cm³/mol. The fourth-order valence-electron chi connectivity index (χ4n) is 5.91. The van der Waals surface area contributed by atoms with E-state index in [2.05, 4.69) is 29.3 Å². The Labute approximate surface area is 264 Å². The van der Waals surface area contributed by atoms with E-state index in [0.717, 1.165) is 15.1 Å². The normalized spacial score (nSPS) is 19.6. The maximum atomic E-state index is 13.7. The van der Waals surface area contributed by atoms with Crippen LogP contribution in [0.2, 0.25) is 0 Å². The predicted octanol–water partition coefficient (Wildman–Crippen LogP) is 1.68. The molecule has 2 aliphatic heterocycles. The van der Waals surface area contributed by atoms with Gasteiger partial charge < -0.3 is 29.7 Å². The molecule has 2 amide bonds. The van der Waals surface area contributed by atoms with Crippen LogP contribution in [0.15, 0.2) is 34.4 Å². The van der Waals surface area contributed by atoms with Gasteiger partial charge in [-0.05, 0) is 54.5 Å². The third-order valence-electron chi connectivity index (χ3n) is 8.40. The molecule has 4 heterocycles. The van der Waals surface area contributed by atoms with Gasteiger partial charge in [0.1, 0.15) is 12.4 Å². The Hall–Kier alpha value is -4.51. The molecule has 0 aliphatic carbocycles. The zero-order valence-electron chi connectivity index (χ0n) is 25.7. The number of aromatic hydroxyl groups is 2. The number of likely N-dealkylation sites (tertiary alicyclic amines) is 1. The number of aromatic nitrogens is 3. The summed E-state index contributed by atoms with van der Waals surface area (Å²) in [4.78, 5) is 58.6. The molecule has 2 saturated heterocycles. The third-order valence-corrected chi connectivity index (χ3v) is 10.2. The second-order valence-electron chi connectivity index (χ2n) is 11.8. The number of phenols is 2. The molecule has 46 heavy (non-hydrogen) atoms. The van der Waals surface area contributed by atoms with Crippen LogP contribution in [0.1, 0.15) is 49.7 Å². The number of nitrogens with one attached hydrogen (secondary N) is 1. The standard InChI is InChI=1S/C29H37N7O9S/c1-4-45-20-11-19(17(2)3)13-33(14-20)24(39)16-34-15-23(35-8-5-9-46(35,43)44)36-28(41)26(32-42)25(31-29(34)36)27(40)30-12-18-6-7-21(37)22(38)10-18/h6-7,10,15,17,19-20,37-38H,4-5,8-9,11-14,16H2,1-3H3,(H,30,40). The fourth-order valence-corrected chi connectivity index (χ4v) is 7.44. The van der Waals surface area contributed by atoms with E-state index >= 15 is 0 Å². The minimum atomic E-state index is -3.81. The number of sulfonamides is 1. The van der Waals surface area contributed by atoms with Crippen molar-refractivity contribution >= 4 is 39.1 Å². The number of fused-ring (bicyclic) bond motifs is 1. The van der Waals surface area contributed by atoms with Gasteiger partial charge in [0.15, 0.2) is 17.2 Å². The Bertz CT molecular complexity index is 1840. The molecular weight excluding hydrogens is 622 g/mol. The lowest BCUT2D eigenvalue weighted by molar-refractivity contribution is -0.138. The first-order valence-corrected chi connectivity index (χ1v) is 16.6. The van der Waals surface area contributed by atoms with Crippen molar-refractivity contribution in [3.63, 3.8) is 0 Å². The average Bonchev–Trinajstić information content (AvgIpc) is 3.55. The number of amides is 2. The Morgan fingerprint density at radius 2 is 1.96 bits per heavy atom. The first-order valence-electron chi connectivity index (χ1n) is 15.0. The van der Waals surface area contributed by atoms with E-state index < -0.39 is 38.6 Å². The summed E-state index contributed by atoms with van der Waals surface area (Å²) in [6, 6.07) is 3.89. The van der Waals surface area contributed by atoms with Gasteiger partial charge in [0, 0.05) is 32.8 Å². The van der Waals surface area contributed by atoms with Crippen LogP contribution in [-0.2, 0) is 32.6 Å². The molecule has 0 radical (unpaired) electrons. The SMILES string of the molecule is CCOC1CC(C(C)C)CN(C(=O)Cn2cc(N3CCCS3(=O)=O)n3c(=O)c(N=O)c(C(=O)NCc4ccc(O)c(O)c4)nc23)C1. The maximum Gasteiger partial charge on any atom is 0.291 e. The van der Waals surface area contributed by atoms with E-state index in [1.54, 1.807) is 4.90 Å². The maximum absolute atomic E-state index is 13.7. The van der Waals surface area contributed by atoms with E-state index in [-0.39, 0.29) is 60.7 Å². The highest BCUT2D eigenvalue weighted by molar-refractivity contribution is 7.93. The van der Waals surface area contributed by atoms with E-state index in [4.69, 9.17) is 4.74 Å². The van der Waals surface area contributed by atoms with Crippen LogP contribution in [0.25, 0.3) is 5.78 Å². The van der Waals surface area contributed by atoms with Crippen molar-refractivity contribution in [2.75, 3.05) is 36.3 Å². The lowest BCUT2D eigenvalue weighted by Gasteiger charge is -2.39. The highest BCUT2D eigenvalue weighted by Gasteiger charge is 2.35. The van der Waals surface area contributed by atoms with E-state index in [1.807, 2.05) is 6.92 Å². The molecule has 17 heteroatoms. The van der Waals surface area contributed by atoms with Gasteiger partial charge in [-0.25, -0.2) is 17.8 Å². The van der Waals surface area contributed by atoms with E-state index in [0.29, 0.717) is 37.6 Å². The van der Waals surface area contributed by atoms with Crippen LogP contribution in [-0.4, -0.2) is 87.4 Å². The van der Waals surface area contributed by atoms with Crippen molar-refractivity contribution in [3.8, 4) is 11.5 Å². The molecule has 248 valence electrons. The Morgan fingerprint density at radius 3 is 2.59 bits per heavy atom. The molecule has 2 aromatic heterocycles. The number of anilines is 1. The summed E-state index contributed by atoms with van der Waals surface area (Å²) >= 11 is 0. The highest BCUT2D eigenvalue weighted by Crippen LogP contribution is 2.29. The molecule has 0 bridgehead atoms. The fraction of sp³-hybridized carbons (Fsp3) is 0.517. The molecule has 2 fully saturated rings. The molecule has 2 atom stereocenters. The first-order chi connectivity index (χ1) is 21.8. The number of nitroso groups, excluding NO2 is 1. The average molecular weight is 660 g/mol. The van der Waals surface area contributed by atoms with Crippen molar-refractivity contribution in [2.24, 2.45) is 17.0 Å². The summed E-state index contributed by atoms with van der Waals surface area (Å²) in [7, 11) is -3.81. The third kappa shape index (κ3) is 6.42. The van der Waals surface area contributed by atoms with Gasteiger partial charge in [0.25, 0.3) is 11.5 Å². The zero-order chi connectivity index (χ0) is 33.3. The number of carbonyl (C=O) groups is 2. The van der Waals surface area contributed by atoms with Gasteiger partial charge in [-0.1, -0.05) is 19.9 Å². The number of piperidine rings is 1. The lowest BCUT2D eigenvalue weighted by atomic mass is 9.86. The number of benzene rings is 1. The van der Waals surface area contributed by atoms with Gasteiger partial charge in [-0.2, -0.15) is 0 Å². The van der Waals surface area contributed by atoms with Crippen LogP contribution >= 0.6 is 0 Å². The van der Waals surface area contributed by atoms with Gasteiger partial charge in [0.2, 0.25) is 27.4 Å². The summed E-state index contributed by atoms with van der Waals surface area (Å²) in [6.45, 7) is 6.93. The summed E-state index contributed by atoms with van der Waals surface area (Å²) in [5.74, 6) is -2.07. The van der Waals surface area contributed by atoms with Crippen molar-refractivity contribution in [2.45, 2.75) is 52.8 Å². The van der Waals surface area contributed by atoms with E-state index in [1.165, 1.54) is 29.0 Å². The molecule has 3 aromatic rings. The summed E-state index contributed by atoms with van der Waals surface area (Å²) in [5.41, 5.74) is -2.16. The van der Waals surface area contributed by atoms with Crippen molar-refractivity contribution < 1.29 is 33.0 Å². The monoisotopic (exact) mass is 659 g/mol. The molecule has 2 aliphatic rings. The second-order valence-corrected chi connectivity index (χ2v) is 13.8. The highest BCUT2D eigenvalue weighted by atomic mass is 32.2. The number of phenolic OH excluding ortho intramolecular Hbond substituents is 2. The van der Waals surface area contributed by atoms with Crippen LogP contribution in [0, 0.1) is 16.7 Å². The van der Waals surface area contributed by atoms with Gasteiger partial charge in [-0.3, -0.25) is 18.7 Å². The van der Waals surface area contributed by atoms with E-state index in [9.17, 15) is 37.9 Å². The number of rotatable bonds is 10. The van der Waals surface area contributed by atoms with Gasteiger partial charge >= 0.3 is 0 Å². The molecule has 0 spiro atoms. The number of nitrogens with zero attached hydrogens (tertiary/aromatic N) is 6. The summed E-state index contributed by atoms with van der Waals surface area (Å²) < 4.78 is 34.9. The molecule has 1 aromatic carbocycles. The van der Waals surface area contributed by atoms with Gasteiger partial charge in [-0.15, -0.1) is 4.91 Å². The number of imidazole rings is 1. The number of ether oxygens (including phenoxy) is 1. The molecular formula is C29H37N7O9S. The van der Waals surface area contributed by atoms with Crippen LogP contribution in [0.5, 0.6) is 11.5 Å². The number of carbonyl (C=O) groups excluding carboxylic acids is 2. The molecule has 0 saturated carbocycles. The molecule has 3 N–H and O–H groups in total. The molecule has 16 nitrogen and oxygen atoms in total. The molecule has 5 rings (SSSR count). The van der Waals surface area contributed by atoms with Crippen LogP contribution < -0.4 is 15.2 Å². The Kier molecular flexibility index (Phi) is 9.34. The largest absolute Gasteiger partial charge is 0.504 e. The second kappa shape index (κ2) is 13.1. The minimum Gasteiger partial charge on any atom is -0.504 e. The number of hydrogen-bond donors (Lipinski definition) is 3. The minimum absolute atomic E-state index is 0.0611. The molecule has 2 unspecified atom stereocenters. The Morgan fingerprint density at radius 1 is 1.20 bits per heavy atom. The number of hydrogen-bond acceptors (Lipinski definition) is 11. The van der Waals surface area contributed by atoms with Crippen molar-refractivity contribution in [1.82, 2.24) is 24.2 Å². The smallest absolute Gasteiger partial charge is 0.291 e. The lowest BCUT2D eigenvalue weighted by Crippen LogP contribution is -2.49. The zero-order valence-corrected chi connectivity index (χ0v) is 26.6. The van der Waals surface area contributed by atoms with Crippen LogP contribution in [0.4, 0.5) is 11.5 Å². The summed E-state index contributed by atoms with van der Waals surface area (Å²) in [5, 5.41) is 24.6. The topological polar surface area (TPSA) is 205 Å². The quantitative estimate of drug-likeness (QED) is 0.212. The van der Waals surface area contributed by atoms with Crippen molar-refractivity contribution in [3.05, 3.63) is 50.9 Å².